The highest BCUT2D eigenvalue weighted by Crippen LogP contribution is 2.32. The lowest BCUT2D eigenvalue weighted by Crippen LogP contribution is -2.35. The number of para-hydroxylation sites is 1. The molecule has 21 heavy (non-hydrogen) atoms. The number of aromatic nitrogens is 2. The molecular weight excluding hydrogens is 297 g/mol. The molecule has 2 rings (SSSR count). The summed E-state index contributed by atoms with van der Waals surface area (Å²) in [5.74, 6) is -0.210. The van der Waals surface area contributed by atoms with Crippen molar-refractivity contribution in [1.82, 2.24) is 9.78 Å². The number of hydrogen-bond donors (Lipinski definition) is 0. The molecule has 0 radical (unpaired) electrons. The van der Waals surface area contributed by atoms with Gasteiger partial charge in [0, 0.05) is 12.4 Å². The second-order valence-corrected chi connectivity index (χ2v) is 4.58. The van der Waals surface area contributed by atoms with Crippen LogP contribution in [0.15, 0.2) is 36.7 Å². The number of alkyl halides is 2. The largest absolute Gasteiger partial charge is 0.461 e. The molecule has 0 atom stereocenters. The molecule has 0 unspecified atom stereocenters. The first-order valence-electron chi connectivity index (χ1n) is 6.29. The summed E-state index contributed by atoms with van der Waals surface area (Å²) in [6.07, 6.45) is 3.34. The molecule has 1 aromatic carbocycles. The summed E-state index contributed by atoms with van der Waals surface area (Å²) in [7, 11) is 0. The molecule has 0 saturated carbocycles. The van der Waals surface area contributed by atoms with E-state index in [4.69, 9.17) is 16.3 Å². The number of carbonyl (C=O) groups excluding carboxylic acids is 1. The molecule has 5 nitrogen and oxygen atoms in total. The van der Waals surface area contributed by atoms with Crippen molar-refractivity contribution >= 4 is 23.2 Å². The molecule has 7 heteroatoms. The van der Waals surface area contributed by atoms with Crippen LogP contribution in [-0.2, 0) is 11.5 Å². The minimum absolute atomic E-state index is 0.173. The quantitative estimate of drug-likeness (QED) is 0.771. The van der Waals surface area contributed by atoms with E-state index in [9.17, 15) is 9.18 Å². The molecule has 1 aromatic heterocycles. The van der Waals surface area contributed by atoms with E-state index >= 15 is 0 Å². The highest BCUT2D eigenvalue weighted by molar-refractivity contribution is 6.29. The van der Waals surface area contributed by atoms with Crippen LogP contribution in [0, 0.1) is 6.92 Å². The average molecular weight is 312 g/mol. The second-order valence-electron chi connectivity index (χ2n) is 4.32. The SMILES string of the molecule is Cc1cccc(OCF)c1N(Cn1cccn1)C(=O)CCl. The Hall–Kier alpha value is -2.08. The molecule has 0 bridgehead atoms. The summed E-state index contributed by atoms with van der Waals surface area (Å²) in [5.41, 5.74) is 1.28. The molecule has 0 fully saturated rings. The minimum atomic E-state index is -0.971. The van der Waals surface area contributed by atoms with Crippen LogP contribution in [-0.4, -0.2) is 28.4 Å². The van der Waals surface area contributed by atoms with Gasteiger partial charge in [0.1, 0.15) is 18.3 Å². The van der Waals surface area contributed by atoms with Gasteiger partial charge in [-0.25, -0.2) is 4.39 Å². The number of anilines is 1. The monoisotopic (exact) mass is 311 g/mol. The lowest BCUT2D eigenvalue weighted by Gasteiger charge is -2.25. The van der Waals surface area contributed by atoms with Gasteiger partial charge in [0.25, 0.3) is 0 Å². The first-order chi connectivity index (χ1) is 10.2. The molecule has 0 saturated heterocycles. The third kappa shape index (κ3) is 3.52. The Morgan fingerprint density at radius 3 is 2.90 bits per heavy atom. The molecule has 0 aliphatic rings. The van der Waals surface area contributed by atoms with E-state index in [0.29, 0.717) is 11.4 Å². The summed E-state index contributed by atoms with van der Waals surface area (Å²) in [5, 5.41) is 4.07. The Kier molecular flexibility index (Phi) is 5.16. The number of carbonyl (C=O) groups is 1. The minimum Gasteiger partial charge on any atom is -0.461 e. The maximum Gasteiger partial charge on any atom is 0.243 e. The average Bonchev–Trinajstić information content (AvgIpc) is 2.98. The van der Waals surface area contributed by atoms with Crippen LogP contribution in [0.2, 0.25) is 0 Å². The van der Waals surface area contributed by atoms with Crippen LogP contribution in [0.3, 0.4) is 0 Å². The van der Waals surface area contributed by atoms with Crippen molar-refractivity contribution in [3.63, 3.8) is 0 Å². The fourth-order valence-electron chi connectivity index (χ4n) is 2.03. The van der Waals surface area contributed by atoms with E-state index < -0.39 is 6.86 Å². The molecule has 112 valence electrons. The van der Waals surface area contributed by atoms with Crippen molar-refractivity contribution in [2.45, 2.75) is 13.6 Å². The molecule has 1 heterocycles. The van der Waals surface area contributed by atoms with Gasteiger partial charge in [-0.3, -0.25) is 14.4 Å². The molecule has 0 spiro atoms. The summed E-state index contributed by atoms with van der Waals surface area (Å²) in [6, 6.07) is 6.92. The van der Waals surface area contributed by atoms with Gasteiger partial charge in [-0.05, 0) is 24.6 Å². The lowest BCUT2D eigenvalue weighted by molar-refractivity contribution is -0.116. The second kappa shape index (κ2) is 7.08. The van der Waals surface area contributed by atoms with Crippen molar-refractivity contribution in [1.29, 1.82) is 0 Å². The molecule has 0 aliphatic heterocycles. The van der Waals surface area contributed by atoms with Crippen molar-refractivity contribution in [2.75, 3.05) is 17.6 Å². The van der Waals surface area contributed by atoms with E-state index in [1.165, 1.54) is 4.90 Å². The number of hydrogen-bond acceptors (Lipinski definition) is 3. The van der Waals surface area contributed by atoms with Gasteiger partial charge >= 0.3 is 0 Å². The summed E-state index contributed by atoms with van der Waals surface area (Å²) in [6.45, 7) is 1.02. The number of ether oxygens (including phenoxy) is 1. The Morgan fingerprint density at radius 1 is 1.48 bits per heavy atom. The van der Waals surface area contributed by atoms with E-state index in [2.05, 4.69) is 5.10 Å². The summed E-state index contributed by atoms with van der Waals surface area (Å²) < 4.78 is 19.1. The topological polar surface area (TPSA) is 47.4 Å². The van der Waals surface area contributed by atoms with Gasteiger partial charge < -0.3 is 4.74 Å². The predicted molar refractivity (Wildman–Crippen MR) is 78.2 cm³/mol. The summed E-state index contributed by atoms with van der Waals surface area (Å²) in [4.78, 5) is 13.6. The number of nitrogens with zero attached hydrogens (tertiary/aromatic N) is 3. The lowest BCUT2D eigenvalue weighted by atomic mass is 10.1. The Labute approximate surface area is 126 Å². The van der Waals surface area contributed by atoms with Crippen molar-refractivity contribution in [2.24, 2.45) is 0 Å². The molecule has 1 amide bonds. The Balaban J connectivity index is 2.43. The van der Waals surface area contributed by atoms with Gasteiger partial charge in [0.05, 0.1) is 5.69 Å². The zero-order chi connectivity index (χ0) is 15.2. The maximum absolute atomic E-state index is 12.5. The number of benzene rings is 1. The fraction of sp³-hybridized carbons (Fsp3) is 0.286. The van der Waals surface area contributed by atoms with Gasteiger partial charge in [-0.15, -0.1) is 11.6 Å². The smallest absolute Gasteiger partial charge is 0.243 e. The van der Waals surface area contributed by atoms with Crippen molar-refractivity contribution in [3.05, 3.63) is 42.2 Å². The standard InChI is InChI=1S/C14H15ClFN3O2/c1-11-4-2-5-12(21-9-16)14(11)19(13(20)8-15)10-18-7-3-6-17-18/h2-7H,8-10H2,1H3. The van der Waals surface area contributed by atoms with Crippen LogP contribution in [0.1, 0.15) is 5.56 Å². The van der Waals surface area contributed by atoms with E-state index in [0.717, 1.165) is 5.56 Å². The first kappa shape index (κ1) is 15.3. The number of amides is 1. The van der Waals surface area contributed by atoms with Crippen LogP contribution in [0.4, 0.5) is 10.1 Å². The number of halogens is 2. The molecule has 2 aromatic rings. The Morgan fingerprint density at radius 2 is 2.29 bits per heavy atom. The summed E-state index contributed by atoms with van der Waals surface area (Å²) >= 11 is 5.68. The van der Waals surface area contributed by atoms with Crippen molar-refractivity contribution < 1.29 is 13.9 Å². The zero-order valence-electron chi connectivity index (χ0n) is 11.5. The van der Waals surface area contributed by atoms with E-state index in [-0.39, 0.29) is 18.5 Å². The normalized spacial score (nSPS) is 10.4. The third-order valence-corrected chi connectivity index (χ3v) is 3.17. The van der Waals surface area contributed by atoms with Crippen LogP contribution in [0.25, 0.3) is 0 Å². The van der Waals surface area contributed by atoms with Crippen molar-refractivity contribution in [3.8, 4) is 5.75 Å². The maximum atomic E-state index is 12.5. The van der Waals surface area contributed by atoms with Crippen LogP contribution in [0.5, 0.6) is 5.75 Å². The molecule has 0 aliphatic carbocycles. The Bertz CT molecular complexity index is 604. The van der Waals surface area contributed by atoms with Crippen LogP contribution >= 0.6 is 11.6 Å². The molecular formula is C14H15ClFN3O2. The fourth-order valence-corrected chi connectivity index (χ4v) is 2.17. The zero-order valence-corrected chi connectivity index (χ0v) is 12.3. The first-order valence-corrected chi connectivity index (χ1v) is 6.83. The van der Waals surface area contributed by atoms with E-state index in [1.807, 2.05) is 13.0 Å². The van der Waals surface area contributed by atoms with Gasteiger partial charge in [0.2, 0.25) is 12.8 Å². The highest BCUT2D eigenvalue weighted by atomic mass is 35.5. The third-order valence-electron chi connectivity index (χ3n) is 2.94. The molecule has 0 N–H and O–H groups in total. The van der Waals surface area contributed by atoms with Gasteiger partial charge in [-0.2, -0.15) is 5.10 Å². The predicted octanol–water partition coefficient (Wildman–Crippen LogP) is 2.73. The van der Waals surface area contributed by atoms with Gasteiger partial charge in [-0.1, -0.05) is 12.1 Å². The van der Waals surface area contributed by atoms with Crippen LogP contribution < -0.4 is 9.64 Å². The number of rotatable bonds is 6. The van der Waals surface area contributed by atoms with Gasteiger partial charge in [0.15, 0.2) is 0 Å². The number of aryl methyl sites for hydroxylation is 1. The highest BCUT2D eigenvalue weighted by Gasteiger charge is 2.21. The van der Waals surface area contributed by atoms with E-state index in [1.54, 1.807) is 35.3 Å².